The normalized spacial score (nSPS) is 11.2. The Kier molecular flexibility index (Phi) is 2.91. The molecule has 0 bridgehead atoms. The van der Waals surface area contributed by atoms with Crippen molar-refractivity contribution in [3.63, 3.8) is 0 Å². The molecule has 0 atom stereocenters. The molecule has 0 aromatic heterocycles. The summed E-state index contributed by atoms with van der Waals surface area (Å²) in [4.78, 5) is 0.352. The first-order valence-corrected chi connectivity index (χ1v) is 4.65. The second kappa shape index (κ2) is 2.67. The van der Waals surface area contributed by atoms with Gasteiger partial charge in [0, 0.05) is 0 Å². The fourth-order valence-electron chi connectivity index (χ4n) is 0. The van der Waals surface area contributed by atoms with Gasteiger partial charge in [0.25, 0.3) is 0 Å². The second-order valence-electron chi connectivity index (χ2n) is 0.459. The van der Waals surface area contributed by atoms with Gasteiger partial charge in [-0.2, -0.15) is 0 Å². The molecule has 0 heterocycles. The molecule has 0 aliphatic carbocycles. The summed E-state index contributed by atoms with van der Waals surface area (Å²) >= 11 is -2.79. The van der Waals surface area contributed by atoms with Crippen molar-refractivity contribution >= 4 is 0 Å². The van der Waals surface area contributed by atoms with E-state index < -0.39 is 17.7 Å². The molecule has 36 valence electrons. The second-order valence-corrected chi connectivity index (χ2v) is 3.76. The van der Waals surface area contributed by atoms with Gasteiger partial charge in [-0.15, -0.1) is 0 Å². The number of rotatable bonds is 1. The van der Waals surface area contributed by atoms with Gasteiger partial charge in [-0.25, -0.2) is 0 Å². The van der Waals surface area contributed by atoms with Crippen molar-refractivity contribution in [2.75, 3.05) is 0 Å². The van der Waals surface area contributed by atoms with Crippen molar-refractivity contribution < 1.29 is 24.8 Å². The summed E-state index contributed by atoms with van der Waals surface area (Å²) < 4.78 is 19.0. The quantitative estimate of drug-likeness (QED) is 0.644. The van der Waals surface area contributed by atoms with Crippen LogP contribution in [0.2, 0.25) is 4.81 Å². The van der Waals surface area contributed by atoms with Gasteiger partial charge in [-0.3, -0.25) is 0 Å². The van der Waals surface area contributed by atoms with Crippen LogP contribution in [0.4, 0.5) is 0 Å². The zero-order valence-electron chi connectivity index (χ0n) is 2.84. The Labute approximate surface area is 37.1 Å². The number of hydrogen-bond acceptors (Lipinski definition) is 2. The van der Waals surface area contributed by atoms with Gasteiger partial charge in [0.1, 0.15) is 0 Å². The van der Waals surface area contributed by atoms with Crippen LogP contribution in [0, 0.1) is 0 Å². The molecule has 0 amide bonds. The average Bonchev–Trinajstić information content (AvgIpc) is 1.38. The summed E-state index contributed by atoms with van der Waals surface area (Å²) in [5.74, 6) is 0. The zero-order valence-corrected chi connectivity index (χ0v) is 5.11. The van der Waals surface area contributed by atoms with E-state index in [9.17, 15) is 7.16 Å². The first kappa shape index (κ1) is 5.45. The van der Waals surface area contributed by atoms with Gasteiger partial charge in [0.05, 0.1) is 0 Å². The predicted molar refractivity (Wildman–Crippen MR) is 11.2 cm³/mol. The molecule has 0 spiro atoms. The molecule has 0 radical (unpaired) electrons. The van der Waals surface area contributed by atoms with Crippen LogP contribution in [-0.4, -0.2) is 0 Å². The Morgan fingerprint density at radius 2 is 2.20 bits per heavy atom. The molecule has 0 aromatic carbocycles. The van der Waals surface area contributed by atoms with Crippen molar-refractivity contribution in [3.05, 3.63) is 0 Å². The zero-order chi connectivity index (χ0) is 4.28. The molecule has 0 N–H and O–H groups in total. The van der Waals surface area contributed by atoms with Gasteiger partial charge < -0.3 is 0 Å². The first-order chi connectivity index (χ1) is 2.27. The predicted octanol–water partition coefficient (Wildman–Crippen LogP) is -0.336. The van der Waals surface area contributed by atoms with Crippen molar-refractivity contribution in [1.29, 1.82) is 0 Å². The summed E-state index contributed by atoms with van der Waals surface area (Å²) in [5, 5.41) is 0. The number of hydrogen-bond donors (Lipinski definition) is 0. The topological polar surface area (TPSA) is 40.1 Å². The minimum atomic E-state index is -2.79. The molecule has 0 fully saturated rings. The van der Waals surface area contributed by atoms with E-state index in [-0.39, 0.29) is 0 Å². The van der Waals surface area contributed by atoms with Crippen LogP contribution >= 0.6 is 0 Å². The van der Waals surface area contributed by atoms with Gasteiger partial charge in [-0.1, -0.05) is 0 Å². The standard InChI is InChI=1S/C2H5.2O.Pt/c1-2;;;/h1H2,2H3;;;/q;;-1;. The SMILES string of the molecule is C[CH2][Pt](=[O])[O-]. The van der Waals surface area contributed by atoms with E-state index in [1.54, 1.807) is 6.92 Å². The van der Waals surface area contributed by atoms with Crippen molar-refractivity contribution in [1.82, 2.24) is 0 Å². The van der Waals surface area contributed by atoms with Crippen LogP contribution < -0.4 is 3.76 Å². The maximum absolute atomic E-state index is 9.50. The first-order valence-electron chi connectivity index (χ1n) is 1.19. The molecule has 0 aliphatic heterocycles. The molecular formula is C2H5O2Pt-. The summed E-state index contributed by atoms with van der Waals surface area (Å²) in [6.07, 6.45) is 0. The molecule has 0 unspecified atom stereocenters. The van der Waals surface area contributed by atoms with Crippen LogP contribution in [0.5, 0.6) is 0 Å². The molecule has 2 nitrogen and oxygen atoms in total. The van der Waals surface area contributed by atoms with Crippen molar-refractivity contribution in [3.8, 4) is 0 Å². The van der Waals surface area contributed by atoms with Gasteiger partial charge in [-0.05, 0) is 0 Å². The fourth-order valence-corrected chi connectivity index (χ4v) is 0. The Hall–Kier alpha value is 0.448. The molecule has 5 heavy (non-hydrogen) atoms. The summed E-state index contributed by atoms with van der Waals surface area (Å²) in [6, 6.07) is 0. The Balaban J connectivity index is 2.85. The van der Waals surface area contributed by atoms with E-state index in [1.807, 2.05) is 0 Å². The molecule has 3 heteroatoms. The fraction of sp³-hybridized carbons (Fsp3) is 1.00. The third-order valence-electron chi connectivity index (χ3n) is 0.183. The van der Waals surface area contributed by atoms with Crippen molar-refractivity contribution in [2.45, 2.75) is 11.7 Å². The molecule has 0 aliphatic rings. The van der Waals surface area contributed by atoms with Crippen LogP contribution in [0.1, 0.15) is 6.92 Å². The summed E-state index contributed by atoms with van der Waals surface area (Å²) in [5.41, 5.74) is 0. The minimum absolute atomic E-state index is 0.352. The van der Waals surface area contributed by atoms with Crippen LogP contribution in [0.25, 0.3) is 0 Å². The van der Waals surface area contributed by atoms with Crippen LogP contribution in [0.15, 0.2) is 0 Å². The summed E-state index contributed by atoms with van der Waals surface area (Å²) in [6.45, 7) is 1.64. The molecule has 0 aromatic rings. The molecule has 0 saturated heterocycles. The van der Waals surface area contributed by atoms with Crippen LogP contribution in [-0.2, 0) is 21.1 Å². The Morgan fingerprint density at radius 3 is 2.20 bits per heavy atom. The van der Waals surface area contributed by atoms with Crippen LogP contribution in [0.3, 0.4) is 0 Å². The van der Waals surface area contributed by atoms with Gasteiger partial charge in [0.2, 0.25) is 0 Å². The Bertz CT molecular complexity index is 42.9. The molecular weight excluding hydrogens is 251 g/mol. The van der Waals surface area contributed by atoms with E-state index in [1.165, 1.54) is 0 Å². The molecule has 0 saturated carbocycles. The monoisotopic (exact) mass is 256 g/mol. The van der Waals surface area contributed by atoms with Gasteiger partial charge >= 0.3 is 36.5 Å². The third kappa shape index (κ3) is 4.45. The van der Waals surface area contributed by atoms with E-state index >= 15 is 0 Å². The average molecular weight is 256 g/mol. The maximum atomic E-state index is 9.50. The van der Waals surface area contributed by atoms with E-state index in [0.29, 0.717) is 4.81 Å². The Morgan fingerprint density at radius 1 is 2.00 bits per heavy atom. The van der Waals surface area contributed by atoms with E-state index in [2.05, 4.69) is 0 Å². The van der Waals surface area contributed by atoms with Crippen molar-refractivity contribution in [2.24, 2.45) is 0 Å². The third-order valence-corrected chi connectivity index (χ3v) is 1.49. The summed E-state index contributed by atoms with van der Waals surface area (Å²) in [7, 11) is 0. The van der Waals surface area contributed by atoms with E-state index in [0.717, 1.165) is 0 Å². The molecule has 0 rings (SSSR count). The van der Waals surface area contributed by atoms with Gasteiger partial charge in [0.15, 0.2) is 0 Å². The van der Waals surface area contributed by atoms with E-state index in [4.69, 9.17) is 0 Å².